The Labute approximate surface area is 121 Å². The first-order valence-electron chi connectivity index (χ1n) is 7.25. The molecule has 2 atom stereocenters. The fourth-order valence-corrected chi connectivity index (χ4v) is 3.24. The molecule has 1 spiro atoms. The van der Waals surface area contributed by atoms with Gasteiger partial charge >= 0.3 is 6.18 Å². The van der Waals surface area contributed by atoms with E-state index in [-0.39, 0.29) is 11.5 Å². The zero-order chi connectivity index (χ0) is 15.1. The van der Waals surface area contributed by atoms with Gasteiger partial charge in [0.05, 0.1) is 23.0 Å². The molecule has 1 saturated heterocycles. The Kier molecular flexibility index (Phi) is 3.69. The van der Waals surface area contributed by atoms with Crippen molar-refractivity contribution < 1.29 is 23.0 Å². The summed E-state index contributed by atoms with van der Waals surface area (Å²) >= 11 is 0. The monoisotopic (exact) mass is 301 g/mol. The average Bonchev–Trinajstić information content (AvgIpc) is 2.44. The Hall–Kier alpha value is -1.14. The highest BCUT2D eigenvalue weighted by atomic mass is 19.4. The molecule has 2 unspecified atom stereocenters. The molecule has 1 aliphatic carbocycles. The third kappa shape index (κ3) is 2.92. The van der Waals surface area contributed by atoms with E-state index in [1.807, 2.05) is 0 Å². The second-order valence-electron chi connectivity index (χ2n) is 6.05. The van der Waals surface area contributed by atoms with E-state index in [2.05, 4.69) is 4.98 Å². The molecular formula is C15H18F3NO2. The van der Waals surface area contributed by atoms with Crippen molar-refractivity contribution in [3.8, 4) is 0 Å². The van der Waals surface area contributed by atoms with Crippen LogP contribution < -0.4 is 0 Å². The zero-order valence-electron chi connectivity index (χ0n) is 11.6. The lowest BCUT2D eigenvalue weighted by atomic mass is 9.70. The van der Waals surface area contributed by atoms with Crippen LogP contribution in [0.5, 0.6) is 0 Å². The number of pyridine rings is 1. The van der Waals surface area contributed by atoms with Crippen molar-refractivity contribution in [2.45, 2.75) is 50.0 Å². The number of hydrogen-bond acceptors (Lipinski definition) is 3. The van der Waals surface area contributed by atoms with Crippen LogP contribution in [0.1, 0.15) is 49.5 Å². The minimum absolute atomic E-state index is 0.00304. The van der Waals surface area contributed by atoms with E-state index in [9.17, 15) is 18.3 Å². The van der Waals surface area contributed by atoms with Crippen molar-refractivity contribution in [1.82, 2.24) is 4.98 Å². The molecule has 2 heterocycles. The standard InChI is InChI=1S/C15H18F3NO2/c16-15(17,18)11-2-3-12(19-9-11)13(20)10-4-7-21-14(8-10)5-1-6-14/h2-3,9-10,13,20H,1,4-8H2. The van der Waals surface area contributed by atoms with Crippen molar-refractivity contribution in [1.29, 1.82) is 0 Å². The molecule has 1 aromatic heterocycles. The number of alkyl halides is 3. The molecule has 1 aromatic rings. The lowest BCUT2D eigenvalue weighted by molar-refractivity contribution is -0.157. The maximum atomic E-state index is 12.5. The number of rotatable bonds is 2. The number of aliphatic hydroxyl groups is 1. The van der Waals surface area contributed by atoms with Gasteiger partial charge in [-0.1, -0.05) is 0 Å². The summed E-state index contributed by atoms with van der Waals surface area (Å²) in [6, 6.07) is 2.25. The van der Waals surface area contributed by atoms with E-state index in [1.54, 1.807) is 0 Å². The number of halogens is 3. The molecule has 0 amide bonds. The molecule has 116 valence electrons. The van der Waals surface area contributed by atoms with Crippen LogP contribution in [0.3, 0.4) is 0 Å². The Bertz CT molecular complexity index is 497. The summed E-state index contributed by atoms with van der Waals surface area (Å²) in [6.07, 6.45) is 0.202. The molecule has 2 fully saturated rings. The lowest BCUT2D eigenvalue weighted by Crippen LogP contribution is -2.46. The third-order valence-corrected chi connectivity index (χ3v) is 4.66. The first kappa shape index (κ1) is 14.8. The average molecular weight is 301 g/mol. The van der Waals surface area contributed by atoms with Crippen molar-refractivity contribution >= 4 is 0 Å². The second-order valence-corrected chi connectivity index (χ2v) is 6.05. The van der Waals surface area contributed by atoms with Crippen LogP contribution in [0.25, 0.3) is 0 Å². The van der Waals surface area contributed by atoms with Crippen LogP contribution in [0.2, 0.25) is 0 Å². The molecule has 6 heteroatoms. The van der Waals surface area contributed by atoms with E-state index in [4.69, 9.17) is 4.74 Å². The number of hydrogen-bond donors (Lipinski definition) is 1. The van der Waals surface area contributed by atoms with Crippen LogP contribution in [-0.2, 0) is 10.9 Å². The minimum Gasteiger partial charge on any atom is -0.387 e. The van der Waals surface area contributed by atoms with E-state index < -0.39 is 17.8 Å². The Morgan fingerprint density at radius 3 is 2.62 bits per heavy atom. The summed E-state index contributed by atoms with van der Waals surface area (Å²) in [5.41, 5.74) is -0.583. The molecule has 0 radical (unpaired) electrons. The lowest BCUT2D eigenvalue weighted by Gasteiger charge is -2.48. The molecule has 3 nitrogen and oxygen atoms in total. The van der Waals surface area contributed by atoms with E-state index >= 15 is 0 Å². The van der Waals surface area contributed by atoms with Crippen molar-refractivity contribution in [3.05, 3.63) is 29.6 Å². The smallest absolute Gasteiger partial charge is 0.387 e. The Morgan fingerprint density at radius 2 is 2.10 bits per heavy atom. The van der Waals surface area contributed by atoms with Gasteiger partial charge in [0.15, 0.2) is 0 Å². The SMILES string of the molecule is OC(c1ccc(C(F)(F)F)cn1)C1CCOC2(CCC2)C1. The van der Waals surface area contributed by atoms with E-state index in [0.29, 0.717) is 18.7 Å². The van der Waals surface area contributed by atoms with Crippen LogP contribution in [0.4, 0.5) is 13.2 Å². The highest BCUT2D eigenvalue weighted by Gasteiger charge is 2.44. The quantitative estimate of drug-likeness (QED) is 0.909. The number of aromatic nitrogens is 1. The first-order valence-corrected chi connectivity index (χ1v) is 7.25. The zero-order valence-corrected chi connectivity index (χ0v) is 11.6. The summed E-state index contributed by atoms with van der Waals surface area (Å²) in [7, 11) is 0. The predicted octanol–water partition coefficient (Wildman–Crippen LogP) is 3.48. The Balaban J connectivity index is 1.71. The van der Waals surface area contributed by atoms with Gasteiger partial charge in [0.25, 0.3) is 0 Å². The van der Waals surface area contributed by atoms with Crippen LogP contribution in [-0.4, -0.2) is 22.3 Å². The number of nitrogens with zero attached hydrogens (tertiary/aromatic N) is 1. The molecule has 1 N–H and O–H groups in total. The normalized spacial score (nSPS) is 26.4. The van der Waals surface area contributed by atoms with Gasteiger partial charge in [0.2, 0.25) is 0 Å². The summed E-state index contributed by atoms with van der Waals surface area (Å²) < 4.78 is 43.3. The van der Waals surface area contributed by atoms with Gasteiger partial charge in [-0.25, -0.2) is 0 Å². The van der Waals surface area contributed by atoms with Gasteiger partial charge in [0.1, 0.15) is 0 Å². The molecule has 2 aliphatic rings. The van der Waals surface area contributed by atoms with Gasteiger partial charge in [0, 0.05) is 12.8 Å². The first-order chi connectivity index (χ1) is 9.90. The summed E-state index contributed by atoms with van der Waals surface area (Å²) in [6.45, 7) is 0.600. The molecule has 0 bridgehead atoms. The maximum absolute atomic E-state index is 12.5. The van der Waals surface area contributed by atoms with Crippen molar-refractivity contribution in [2.24, 2.45) is 5.92 Å². The maximum Gasteiger partial charge on any atom is 0.417 e. The van der Waals surface area contributed by atoms with Gasteiger partial charge < -0.3 is 9.84 Å². The van der Waals surface area contributed by atoms with Crippen molar-refractivity contribution in [2.75, 3.05) is 6.61 Å². The van der Waals surface area contributed by atoms with Crippen LogP contribution in [0.15, 0.2) is 18.3 Å². The summed E-state index contributed by atoms with van der Waals surface area (Å²) in [5.74, 6) is 0.00304. The largest absolute Gasteiger partial charge is 0.417 e. The van der Waals surface area contributed by atoms with Crippen molar-refractivity contribution in [3.63, 3.8) is 0 Å². The highest BCUT2D eigenvalue weighted by Crippen LogP contribution is 2.47. The van der Waals surface area contributed by atoms with Gasteiger partial charge in [-0.15, -0.1) is 0 Å². The van der Waals surface area contributed by atoms with Gasteiger partial charge in [-0.05, 0) is 50.2 Å². The van der Waals surface area contributed by atoms with E-state index in [0.717, 1.165) is 37.9 Å². The molecular weight excluding hydrogens is 283 g/mol. The number of aliphatic hydroxyl groups excluding tert-OH is 1. The summed E-state index contributed by atoms with van der Waals surface area (Å²) in [4.78, 5) is 3.80. The second kappa shape index (κ2) is 5.25. The summed E-state index contributed by atoms with van der Waals surface area (Å²) in [5, 5.41) is 10.4. The molecule has 21 heavy (non-hydrogen) atoms. The topological polar surface area (TPSA) is 42.4 Å². The predicted molar refractivity (Wildman–Crippen MR) is 69.5 cm³/mol. The fourth-order valence-electron chi connectivity index (χ4n) is 3.24. The van der Waals surface area contributed by atoms with E-state index in [1.165, 1.54) is 6.07 Å². The molecule has 3 rings (SSSR count). The number of ether oxygens (including phenoxy) is 1. The van der Waals surface area contributed by atoms with Gasteiger partial charge in [-0.2, -0.15) is 13.2 Å². The minimum atomic E-state index is -4.40. The third-order valence-electron chi connectivity index (χ3n) is 4.66. The molecule has 1 aliphatic heterocycles. The molecule has 1 saturated carbocycles. The van der Waals surface area contributed by atoms with Crippen LogP contribution >= 0.6 is 0 Å². The van der Waals surface area contributed by atoms with Crippen LogP contribution in [0, 0.1) is 5.92 Å². The Morgan fingerprint density at radius 1 is 1.33 bits per heavy atom. The highest BCUT2D eigenvalue weighted by molar-refractivity contribution is 5.19. The molecule has 0 aromatic carbocycles. The van der Waals surface area contributed by atoms with Gasteiger partial charge in [-0.3, -0.25) is 4.98 Å². The fraction of sp³-hybridized carbons (Fsp3) is 0.667.